The number of hydrogen-bond donors (Lipinski definition) is 0. The molecule has 2 aromatic heterocycles. The molecule has 0 aliphatic carbocycles. The third-order valence-electron chi connectivity index (χ3n) is 3.97. The summed E-state index contributed by atoms with van der Waals surface area (Å²) in [7, 11) is 0. The molecule has 0 N–H and O–H groups in total. The van der Waals surface area contributed by atoms with E-state index in [2.05, 4.69) is 26.7 Å². The van der Waals surface area contributed by atoms with E-state index in [1.165, 1.54) is 0 Å². The van der Waals surface area contributed by atoms with E-state index in [0.29, 0.717) is 17.5 Å². The molecule has 0 radical (unpaired) electrons. The standard InChI is InChI=1S/C21H16N4O/c1-14(2)15-8-10-16(11-9-15)18-12-22-13-19(23-18)21-25-24-20(26-21)17-6-4-3-5-7-17/h3-13H,1H2,2H3. The van der Waals surface area contributed by atoms with Crippen molar-refractivity contribution < 1.29 is 4.42 Å². The Balaban J connectivity index is 1.66. The Morgan fingerprint density at radius 1 is 0.808 bits per heavy atom. The molecule has 0 unspecified atom stereocenters. The minimum Gasteiger partial charge on any atom is -0.415 e. The molecule has 0 fully saturated rings. The monoisotopic (exact) mass is 340 g/mol. The van der Waals surface area contributed by atoms with Gasteiger partial charge < -0.3 is 4.42 Å². The highest BCUT2D eigenvalue weighted by Gasteiger charge is 2.13. The van der Waals surface area contributed by atoms with Crippen molar-refractivity contribution >= 4 is 5.57 Å². The molecule has 0 atom stereocenters. The normalized spacial score (nSPS) is 10.7. The summed E-state index contributed by atoms with van der Waals surface area (Å²) in [5.41, 5.74) is 5.24. The second kappa shape index (κ2) is 6.72. The highest BCUT2D eigenvalue weighted by atomic mass is 16.4. The van der Waals surface area contributed by atoms with Gasteiger partial charge in [-0.1, -0.05) is 54.6 Å². The van der Waals surface area contributed by atoms with E-state index in [1.54, 1.807) is 12.4 Å². The fraction of sp³-hybridized carbons (Fsp3) is 0.0476. The molecule has 0 aliphatic rings. The maximum atomic E-state index is 5.76. The Hall–Kier alpha value is -3.60. The van der Waals surface area contributed by atoms with E-state index in [1.807, 2.05) is 61.5 Å². The highest BCUT2D eigenvalue weighted by molar-refractivity contribution is 5.67. The highest BCUT2D eigenvalue weighted by Crippen LogP contribution is 2.25. The van der Waals surface area contributed by atoms with Crippen LogP contribution in [0.15, 0.2) is 78.0 Å². The molecular formula is C21H16N4O. The zero-order valence-electron chi connectivity index (χ0n) is 14.3. The summed E-state index contributed by atoms with van der Waals surface area (Å²) in [6, 6.07) is 17.7. The number of benzene rings is 2. The predicted molar refractivity (Wildman–Crippen MR) is 101 cm³/mol. The Kier molecular flexibility index (Phi) is 4.11. The number of rotatable bonds is 4. The van der Waals surface area contributed by atoms with Crippen LogP contribution in [-0.2, 0) is 0 Å². The van der Waals surface area contributed by atoms with Crippen LogP contribution in [0.1, 0.15) is 12.5 Å². The molecule has 2 heterocycles. The van der Waals surface area contributed by atoms with E-state index in [-0.39, 0.29) is 0 Å². The van der Waals surface area contributed by atoms with Crippen LogP contribution < -0.4 is 0 Å². The largest absolute Gasteiger partial charge is 0.415 e. The van der Waals surface area contributed by atoms with Crippen LogP contribution >= 0.6 is 0 Å². The number of allylic oxidation sites excluding steroid dienone is 1. The number of nitrogens with zero attached hydrogens (tertiary/aromatic N) is 4. The lowest BCUT2D eigenvalue weighted by molar-refractivity contribution is 0.582. The van der Waals surface area contributed by atoms with Crippen LogP contribution in [0.5, 0.6) is 0 Å². The van der Waals surface area contributed by atoms with Gasteiger partial charge in [0.2, 0.25) is 5.89 Å². The van der Waals surface area contributed by atoms with Crippen molar-refractivity contribution in [1.82, 2.24) is 20.2 Å². The molecule has 4 aromatic rings. The first-order chi connectivity index (χ1) is 12.7. The number of hydrogen-bond acceptors (Lipinski definition) is 5. The summed E-state index contributed by atoms with van der Waals surface area (Å²) in [6.45, 7) is 5.93. The molecule has 0 bridgehead atoms. The van der Waals surface area contributed by atoms with Gasteiger partial charge in [-0.05, 0) is 24.6 Å². The lowest BCUT2D eigenvalue weighted by Crippen LogP contribution is -1.91. The SMILES string of the molecule is C=C(C)c1ccc(-c2cncc(-c3nnc(-c4ccccc4)o3)n2)cc1. The maximum Gasteiger partial charge on any atom is 0.268 e. The third-order valence-corrected chi connectivity index (χ3v) is 3.97. The van der Waals surface area contributed by atoms with Gasteiger partial charge in [-0.3, -0.25) is 4.98 Å². The maximum absolute atomic E-state index is 5.76. The molecule has 5 nitrogen and oxygen atoms in total. The zero-order chi connectivity index (χ0) is 17.9. The second-order valence-electron chi connectivity index (χ2n) is 5.93. The van der Waals surface area contributed by atoms with Crippen LogP contribution in [0, 0.1) is 0 Å². The van der Waals surface area contributed by atoms with Gasteiger partial charge >= 0.3 is 0 Å². The molecule has 0 saturated heterocycles. The zero-order valence-corrected chi connectivity index (χ0v) is 14.3. The quantitative estimate of drug-likeness (QED) is 0.529. The van der Waals surface area contributed by atoms with E-state index < -0.39 is 0 Å². The average molecular weight is 340 g/mol. The van der Waals surface area contributed by atoms with Crippen molar-refractivity contribution in [2.24, 2.45) is 0 Å². The lowest BCUT2D eigenvalue weighted by atomic mass is 10.1. The van der Waals surface area contributed by atoms with Crippen molar-refractivity contribution in [3.63, 3.8) is 0 Å². The summed E-state index contributed by atoms with van der Waals surface area (Å²) in [4.78, 5) is 8.88. The molecule has 0 saturated carbocycles. The van der Waals surface area contributed by atoms with Crippen LogP contribution in [0.4, 0.5) is 0 Å². The molecule has 2 aromatic carbocycles. The smallest absolute Gasteiger partial charge is 0.268 e. The molecule has 4 rings (SSSR count). The van der Waals surface area contributed by atoms with Gasteiger partial charge in [0, 0.05) is 11.1 Å². The summed E-state index contributed by atoms with van der Waals surface area (Å²) in [5.74, 6) is 0.801. The van der Waals surface area contributed by atoms with Crippen LogP contribution in [0.3, 0.4) is 0 Å². The van der Waals surface area contributed by atoms with Gasteiger partial charge in [-0.25, -0.2) is 4.98 Å². The number of aromatic nitrogens is 4. The summed E-state index contributed by atoms with van der Waals surface area (Å²) in [6.07, 6.45) is 3.34. The Labute approximate surface area is 151 Å². The van der Waals surface area contributed by atoms with Gasteiger partial charge in [0.1, 0.15) is 5.69 Å². The topological polar surface area (TPSA) is 64.7 Å². The first-order valence-electron chi connectivity index (χ1n) is 8.18. The first kappa shape index (κ1) is 15.9. The van der Waals surface area contributed by atoms with E-state index in [0.717, 1.165) is 28.0 Å². The summed E-state index contributed by atoms with van der Waals surface area (Å²) >= 11 is 0. The van der Waals surface area contributed by atoms with E-state index >= 15 is 0 Å². The summed E-state index contributed by atoms with van der Waals surface area (Å²) < 4.78 is 5.76. The minimum absolute atomic E-state index is 0.344. The van der Waals surface area contributed by atoms with Crippen LogP contribution in [0.2, 0.25) is 0 Å². The van der Waals surface area contributed by atoms with Gasteiger partial charge in [0.05, 0.1) is 18.1 Å². The predicted octanol–water partition coefficient (Wildman–Crippen LogP) is 4.89. The van der Waals surface area contributed by atoms with Gasteiger partial charge in [0.25, 0.3) is 5.89 Å². The Morgan fingerprint density at radius 2 is 1.50 bits per heavy atom. The Morgan fingerprint density at radius 3 is 2.23 bits per heavy atom. The summed E-state index contributed by atoms with van der Waals surface area (Å²) in [5, 5.41) is 8.21. The van der Waals surface area contributed by atoms with Gasteiger partial charge in [-0.2, -0.15) is 0 Å². The molecular weight excluding hydrogens is 324 g/mol. The third kappa shape index (κ3) is 3.15. The van der Waals surface area contributed by atoms with Crippen molar-refractivity contribution in [2.45, 2.75) is 6.92 Å². The lowest BCUT2D eigenvalue weighted by Gasteiger charge is -2.04. The van der Waals surface area contributed by atoms with Gasteiger partial charge in [0.15, 0.2) is 0 Å². The van der Waals surface area contributed by atoms with E-state index in [4.69, 9.17) is 4.42 Å². The van der Waals surface area contributed by atoms with Crippen molar-refractivity contribution in [3.05, 3.63) is 79.1 Å². The van der Waals surface area contributed by atoms with Crippen LogP contribution in [0.25, 0.3) is 39.9 Å². The van der Waals surface area contributed by atoms with Crippen molar-refractivity contribution in [1.29, 1.82) is 0 Å². The second-order valence-corrected chi connectivity index (χ2v) is 5.93. The average Bonchev–Trinajstić information content (AvgIpc) is 3.19. The molecule has 26 heavy (non-hydrogen) atoms. The fourth-order valence-electron chi connectivity index (χ4n) is 2.56. The Bertz CT molecular complexity index is 1050. The van der Waals surface area contributed by atoms with E-state index in [9.17, 15) is 0 Å². The minimum atomic E-state index is 0.344. The molecule has 0 aliphatic heterocycles. The molecule has 126 valence electrons. The van der Waals surface area contributed by atoms with Crippen molar-refractivity contribution in [3.8, 4) is 34.3 Å². The molecule has 5 heteroatoms. The van der Waals surface area contributed by atoms with Crippen molar-refractivity contribution in [2.75, 3.05) is 0 Å². The molecule has 0 spiro atoms. The first-order valence-corrected chi connectivity index (χ1v) is 8.18. The fourth-order valence-corrected chi connectivity index (χ4v) is 2.56. The van der Waals surface area contributed by atoms with Gasteiger partial charge in [-0.15, -0.1) is 10.2 Å². The molecule has 0 amide bonds. The van der Waals surface area contributed by atoms with Crippen LogP contribution in [-0.4, -0.2) is 20.2 Å².